The average molecular weight is 351 g/mol. The largest absolute Gasteiger partial charge is 0.339 e. The molecular weight excluding hydrogens is 326 g/mol. The lowest BCUT2D eigenvalue weighted by atomic mass is 10.1. The number of nitrogens with zero attached hydrogens (tertiary/aromatic N) is 3. The molecule has 0 atom stereocenters. The monoisotopic (exact) mass is 351 g/mol. The fraction of sp³-hybridized carbons (Fsp3) is 0.381. The van der Waals surface area contributed by atoms with Crippen molar-refractivity contribution in [3.63, 3.8) is 0 Å². The molecule has 1 aliphatic heterocycles. The normalized spacial score (nSPS) is 13.9. The van der Waals surface area contributed by atoms with Gasteiger partial charge in [-0.15, -0.1) is 0 Å². The summed E-state index contributed by atoms with van der Waals surface area (Å²) in [5.41, 5.74) is 2.02. The third-order valence-corrected chi connectivity index (χ3v) is 4.71. The summed E-state index contributed by atoms with van der Waals surface area (Å²) < 4.78 is 0. The second kappa shape index (κ2) is 8.13. The van der Waals surface area contributed by atoms with E-state index in [9.17, 15) is 9.59 Å². The minimum Gasteiger partial charge on any atom is -0.339 e. The molecule has 136 valence electrons. The highest BCUT2D eigenvalue weighted by atomic mass is 16.2. The van der Waals surface area contributed by atoms with Gasteiger partial charge in [0, 0.05) is 38.1 Å². The van der Waals surface area contributed by atoms with Gasteiger partial charge in [0.15, 0.2) is 0 Å². The molecule has 5 heteroatoms. The van der Waals surface area contributed by atoms with E-state index in [0.29, 0.717) is 17.7 Å². The molecule has 0 bridgehead atoms. The van der Waals surface area contributed by atoms with Crippen LogP contribution in [-0.4, -0.2) is 45.7 Å². The van der Waals surface area contributed by atoms with Crippen LogP contribution in [0.4, 0.5) is 0 Å². The van der Waals surface area contributed by atoms with Gasteiger partial charge in [-0.05, 0) is 38.3 Å². The molecule has 0 N–H and O–H groups in total. The lowest BCUT2D eigenvalue weighted by Gasteiger charge is -2.27. The Kier molecular flexibility index (Phi) is 5.66. The Morgan fingerprint density at radius 2 is 1.73 bits per heavy atom. The van der Waals surface area contributed by atoms with E-state index in [0.717, 1.165) is 31.5 Å². The van der Waals surface area contributed by atoms with Gasteiger partial charge < -0.3 is 9.80 Å². The van der Waals surface area contributed by atoms with E-state index in [1.807, 2.05) is 49.1 Å². The molecule has 0 spiro atoms. The fourth-order valence-corrected chi connectivity index (χ4v) is 3.21. The van der Waals surface area contributed by atoms with E-state index in [-0.39, 0.29) is 17.9 Å². The van der Waals surface area contributed by atoms with Crippen molar-refractivity contribution in [1.82, 2.24) is 14.8 Å². The Morgan fingerprint density at radius 1 is 1.08 bits per heavy atom. The zero-order valence-corrected chi connectivity index (χ0v) is 15.4. The minimum absolute atomic E-state index is 0.0381. The minimum atomic E-state index is -0.104. The van der Waals surface area contributed by atoms with Crippen molar-refractivity contribution in [2.24, 2.45) is 0 Å². The summed E-state index contributed by atoms with van der Waals surface area (Å²) in [6.45, 7) is 6.08. The van der Waals surface area contributed by atoms with Crippen molar-refractivity contribution in [2.75, 3.05) is 13.1 Å². The molecule has 1 aromatic carbocycles. The van der Waals surface area contributed by atoms with E-state index in [4.69, 9.17) is 0 Å². The van der Waals surface area contributed by atoms with Crippen LogP contribution in [0.2, 0.25) is 0 Å². The highest BCUT2D eigenvalue weighted by molar-refractivity contribution is 5.99. The Morgan fingerprint density at radius 3 is 2.38 bits per heavy atom. The van der Waals surface area contributed by atoms with E-state index in [1.165, 1.54) is 0 Å². The average Bonchev–Trinajstić information content (AvgIpc) is 3.20. The third-order valence-electron chi connectivity index (χ3n) is 4.71. The number of aromatic nitrogens is 1. The third kappa shape index (κ3) is 4.10. The number of rotatable bonds is 5. The Labute approximate surface area is 154 Å². The summed E-state index contributed by atoms with van der Waals surface area (Å²) in [6.07, 6.45) is 5.17. The first kappa shape index (κ1) is 18.1. The number of likely N-dealkylation sites (tertiary alicyclic amines) is 1. The van der Waals surface area contributed by atoms with Crippen LogP contribution in [0.5, 0.6) is 0 Å². The van der Waals surface area contributed by atoms with Gasteiger partial charge in [-0.2, -0.15) is 0 Å². The van der Waals surface area contributed by atoms with Gasteiger partial charge in [-0.1, -0.05) is 30.3 Å². The first-order valence-electron chi connectivity index (χ1n) is 9.15. The van der Waals surface area contributed by atoms with Crippen molar-refractivity contribution in [3.8, 4) is 0 Å². The highest BCUT2D eigenvalue weighted by Crippen LogP contribution is 2.16. The first-order chi connectivity index (χ1) is 12.6. The standard InChI is InChI=1S/C21H25N3O2/c1-16(2)24(15-17-8-4-3-5-9-17)21(26)19-12-18(13-22-14-19)20(25)23-10-6-7-11-23/h3-5,8-9,12-14,16H,6-7,10-11,15H2,1-2H3. The quantitative estimate of drug-likeness (QED) is 0.830. The maximum Gasteiger partial charge on any atom is 0.255 e. The molecule has 0 aliphatic carbocycles. The Bertz CT molecular complexity index is 768. The molecule has 26 heavy (non-hydrogen) atoms. The molecule has 1 saturated heterocycles. The van der Waals surface area contributed by atoms with E-state index >= 15 is 0 Å². The summed E-state index contributed by atoms with van der Waals surface area (Å²) >= 11 is 0. The van der Waals surface area contributed by atoms with Gasteiger partial charge in [0.05, 0.1) is 11.1 Å². The van der Waals surface area contributed by atoms with Gasteiger partial charge in [-0.3, -0.25) is 14.6 Å². The van der Waals surface area contributed by atoms with Gasteiger partial charge in [0.25, 0.3) is 11.8 Å². The van der Waals surface area contributed by atoms with Crippen LogP contribution in [0.15, 0.2) is 48.8 Å². The molecule has 5 nitrogen and oxygen atoms in total. The van der Waals surface area contributed by atoms with Gasteiger partial charge in [0.1, 0.15) is 0 Å². The summed E-state index contributed by atoms with van der Waals surface area (Å²) in [4.78, 5) is 33.4. The van der Waals surface area contributed by atoms with Crippen LogP contribution in [-0.2, 0) is 6.54 Å². The molecular formula is C21H25N3O2. The van der Waals surface area contributed by atoms with Crippen molar-refractivity contribution in [3.05, 3.63) is 65.5 Å². The first-order valence-corrected chi connectivity index (χ1v) is 9.15. The van der Waals surface area contributed by atoms with Crippen LogP contribution in [0.25, 0.3) is 0 Å². The van der Waals surface area contributed by atoms with Crippen molar-refractivity contribution >= 4 is 11.8 Å². The Balaban J connectivity index is 1.80. The maximum absolute atomic E-state index is 13.0. The predicted octanol–water partition coefficient (Wildman–Crippen LogP) is 3.37. The predicted molar refractivity (Wildman–Crippen MR) is 101 cm³/mol. The number of carbonyl (C=O) groups is 2. The number of carbonyl (C=O) groups excluding carboxylic acids is 2. The zero-order chi connectivity index (χ0) is 18.5. The molecule has 1 aliphatic rings. The lowest BCUT2D eigenvalue weighted by molar-refractivity contribution is 0.0690. The summed E-state index contributed by atoms with van der Waals surface area (Å²) in [5, 5.41) is 0. The van der Waals surface area contributed by atoms with Crippen LogP contribution in [0, 0.1) is 0 Å². The molecule has 3 rings (SSSR count). The Hall–Kier alpha value is -2.69. The number of benzene rings is 1. The molecule has 2 aromatic rings. The van der Waals surface area contributed by atoms with Crippen molar-refractivity contribution < 1.29 is 9.59 Å². The van der Waals surface area contributed by atoms with Gasteiger partial charge in [-0.25, -0.2) is 0 Å². The van der Waals surface area contributed by atoms with Crippen LogP contribution < -0.4 is 0 Å². The van der Waals surface area contributed by atoms with Crippen LogP contribution >= 0.6 is 0 Å². The van der Waals surface area contributed by atoms with E-state index in [1.54, 1.807) is 23.4 Å². The second-order valence-corrected chi connectivity index (χ2v) is 6.97. The van der Waals surface area contributed by atoms with Crippen LogP contribution in [0.3, 0.4) is 0 Å². The molecule has 1 aromatic heterocycles. The molecule has 2 amide bonds. The van der Waals surface area contributed by atoms with E-state index < -0.39 is 0 Å². The molecule has 2 heterocycles. The maximum atomic E-state index is 13.0. The zero-order valence-electron chi connectivity index (χ0n) is 15.4. The smallest absolute Gasteiger partial charge is 0.255 e. The van der Waals surface area contributed by atoms with Gasteiger partial charge in [0.2, 0.25) is 0 Å². The molecule has 0 unspecified atom stereocenters. The molecule has 0 saturated carbocycles. The van der Waals surface area contributed by atoms with E-state index in [2.05, 4.69) is 4.98 Å². The summed E-state index contributed by atoms with van der Waals surface area (Å²) in [7, 11) is 0. The van der Waals surface area contributed by atoms with Gasteiger partial charge >= 0.3 is 0 Å². The lowest BCUT2D eigenvalue weighted by Crippen LogP contribution is -2.36. The SMILES string of the molecule is CC(C)N(Cc1ccccc1)C(=O)c1cncc(C(=O)N2CCCC2)c1. The van der Waals surface area contributed by atoms with Crippen molar-refractivity contribution in [1.29, 1.82) is 0 Å². The summed E-state index contributed by atoms with van der Waals surface area (Å²) in [5.74, 6) is -0.142. The fourth-order valence-electron chi connectivity index (χ4n) is 3.21. The number of amides is 2. The topological polar surface area (TPSA) is 53.5 Å². The number of pyridine rings is 1. The second-order valence-electron chi connectivity index (χ2n) is 6.97. The summed E-state index contributed by atoms with van der Waals surface area (Å²) in [6, 6.07) is 11.6. The number of hydrogen-bond acceptors (Lipinski definition) is 3. The number of hydrogen-bond donors (Lipinski definition) is 0. The van der Waals surface area contributed by atoms with Crippen LogP contribution in [0.1, 0.15) is 53.0 Å². The molecule has 1 fully saturated rings. The van der Waals surface area contributed by atoms with Crippen molar-refractivity contribution in [2.45, 2.75) is 39.3 Å². The molecule has 0 radical (unpaired) electrons. The highest BCUT2D eigenvalue weighted by Gasteiger charge is 2.23.